The van der Waals surface area contributed by atoms with E-state index >= 15 is 0 Å². The zero-order chi connectivity index (χ0) is 26.2. The maximum atomic E-state index is 14.0. The quantitative estimate of drug-likeness (QED) is 0.237. The lowest BCUT2D eigenvalue weighted by molar-refractivity contribution is -0.346. The lowest BCUT2D eigenvalue weighted by atomic mass is 9.87. The second-order valence-electron chi connectivity index (χ2n) is 7.53. The van der Waals surface area contributed by atoms with Crippen LogP contribution in [0.4, 0.5) is 30.7 Å². The number of hydrogen-bond donors (Lipinski definition) is 0. The van der Waals surface area contributed by atoms with Crippen LogP contribution in [0.2, 0.25) is 0 Å². The van der Waals surface area contributed by atoms with Crippen LogP contribution >= 0.6 is 0 Å². The zero-order valence-corrected chi connectivity index (χ0v) is 17.7. The fourth-order valence-electron chi connectivity index (χ4n) is 3.37. The first-order valence-corrected chi connectivity index (χ1v) is 9.83. The lowest BCUT2D eigenvalue weighted by Crippen LogP contribution is -2.57. The predicted molar refractivity (Wildman–Crippen MR) is 108 cm³/mol. The van der Waals surface area contributed by atoms with Crippen molar-refractivity contribution in [3.63, 3.8) is 0 Å². The summed E-state index contributed by atoms with van der Waals surface area (Å²) < 4.78 is 102. The number of carbonyl (C=O) groups is 2. The van der Waals surface area contributed by atoms with E-state index in [1.165, 1.54) is 36.4 Å². The zero-order valence-electron chi connectivity index (χ0n) is 17.7. The minimum absolute atomic E-state index is 0.259. The topological polar surface area (TPSA) is 73.6 Å². The van der Waals surface area contributed by atoms with Crippen molar-refractivity contribution in [1.82, 2.24) is 0 Å². The third kappa shape index (κ3) is 4.77. The number of fused-ring (bicyclic) bond motifs is 1. The molecule has 0 N–H and O–H groups in total. The molecular weight excluding hydrogens is 489 g/mol. The van der Waals surface area contributed by atoms with E-state index in [4.69, 9.17) is 4.42 Å². The van der Waals surface area contributed by atoms with Gasteiger partial charge in [0.15, 0.2) is 5.75 Å². The number of esters is 1. The minimum Gasteiger partial charge on any atom is -0.422 e. The molecule has 3 aromatic rings. The Balaban J connectivity index is 2.27. The Morgan fingerprint density at radius 1 is 0.914 bits per heavy atom. The normalized spacial score (nSPS) is 13.5. The molecule has 0 saturated carbocycles. The first-order valence-electron chi connectivity index (χ1n) is 9.83. The molecule has 0 spiro atoms. The van der Waals surface area contributed by atoms with Crippen molar-refractivity contribution in [2.45, 2.75) is 37.3 Å². The van der Waals surface area contributed by atoms with Crippen LogP contribution < -0.4 is 10.4 Å². The van der Waals surface area contributed by atoms with Crippen molar-refractivity contribution in [3.05, 3.63) is 76.1 Å². The fourth-order valence-corrected chi connectivity index (χ4v) is 3.37. The molecule has 186 valence electrons. The van der Waals surface area contributed by atoms with Crippen LogP contribution in [0.1, 0.15) is 30.4 Å². The van der Waals surface area contributed by atoms with E-state index in [-0.39, 0.29) is 16.5 Å². The molecule has 0 aliphatic heterocycles. The summed E-state index contributed by atoms with van der Waals surface area (Å²) in [5.74, 6) is -19.2. The molecule has 0 unspecified atom stereocenters. The molecule has 0 aliphatic carbocycles. The van der Waals surface area contributed by atoms with Gasteiger partial charge in [0.1, 0.15) is 11.4 Å². The average Bonchev–Trinajstić information content (AvgIpc) is 2.77. The number of carbonyl (C=O) groups excluding carboxylic acids is 2. The molecule has 1 heterocycles. The summed E-state index contributed by atoms with van der Waals surface area (Å²) in [5, 5.41) is -0.342. The van der Waals surface area contributed by atoms with Crippen molar-refractivity contribution in [2.24, 2.45) is 0 Å². The Morgan fingerprint density at radius 3 is 2.06 bits per heavy atom. The van der Waals surface area contributed by atoms with Crippen LogP contribution in [0, 0.1) is 0 Å². The van der Waals surface area contributed by atoms with Crippen molar-refractivity contribution in [3.8, 4) is 5.75 Å². The van der Waals surface area contributed by atoms with Gasteiger partial charge in [-0.25, -0.2) is 9.59 Å². The molecule has 5 nitrogen and oxygen atoms in total. The largest absolute Gasteiger partial charge is 0.460 e. The SMILES string of the molecule is CC(=O)C[C@H](c1ccccc1)c1c(OC(=O)C(F)(F)C(F)(F)C(F)(F)F)c2ccccc2oc1=O. The molecule has 2 aromatic carbocycles. The summed E-state index contributed by atoms with van der Waals surface area (Å²) in [7, 11) is 0. The van der Waals surface area contributed by atoms with Gasteiger partial charge in [-0.15, -0.1) is 0 Å². The third-order valence-corrected chi connectivity index (χ3v) is 5.04. The van der Waals surface area contributed by atoms with Crippen molar-refractivity contribution >= 4 is 22.7 Å². The Kier molecular flexibility index (Phi) is 6.78. The van der Waals surface area contributed by atoms with E-state index < -0.39 is 59.1 Å². The van der Waals surface area contributed by atoms with Gasteiger partial charge in [0, 0.05) is 12.3 Å². The second-order valence-corrected chi connectivity index (χ2v) is 7.53. The summed E-state index contributed by atoms with van der Waals surface area (Å²) >= 11 is 0. The number of alkyl halides is 7. The van der Waals surface area contributed by atoms with Gasteiger partial charge < -0.3 is 9.15 Å². The minimum atomic E-state index is -6.78. The molecule has 0 fully saturated rings. The van der Waals surface area contributed by atoms with E-state index in [0.29, 0.717) is 0 Å². The molecule has 0 amide bonds. The number of Topliss-reactive ketones (excluding diaryl/α,β-unsaturated/α-hetero) is 1. The van der Waals surface area contributed by atoms with Gasteiger partial charge in [0.2, 0.25) is 0 Å². The van der Waals surface area contributed by atoms with Gasteiger partial charge in [-0.1, -0.05) is 42.5 Å². The van der Waals surface area contributed by atoms with Crippen LogP contribution in [0.5, 0.6) is 5.75 Å². The van der Waals surface area contributed by atoms with Gasteiger partial charge in [-0.05, 0) is 24.6 Å². The van der Waals surface area contributed by atoms with Gasteiger partial charge >= 0.3 is 29.6 Å². The summed E-state index contributed by atoms with van der Waals surface area (Å²) in [6, 6.07) is 12.4. The van der Waals surface area contributed by atoms with Crippen LogP contribution in [0.15, 0.2) is 63.8 Å². The maximum absolute atomic E-state index is 14.0. The molecular formula is C23H15F7O5. The number of para-hydroxylation sites is 1. The van der Waals surface area contributed by atoms with Crippen molar-refractivity contribution in [1.29, 1.82) is 0 Å². The first-order chi connectivity index (χ1) is 16.2. The molecule has 0 radical (unpaired) electrons. The summed E-state index contributed by atoms with van der Waals surface area (Å²) in [4.78, 5) is 36.8. The van der Waals surface area contributed by atoms with Gasteiger partial charge in [-0.2, -0.15) is 30.7 Å². The Morgan fingerprint density at radius 2 is 1.49 bits per heavy atom. The standard InChI is InChI=1S/C23H15F7O5/c1-12(31)11-15(13-7-3-2-4-8-13)17-18(14-9-5-6-10-16(14)34-19(17)32)35-20(33)21(24,25)22(26,27)23(28,29)30/h2-10,15H,11H2,1H3/t15-/m1/s1. The number of ketones is 1. The molecule has 1 atom stereocenters. The Bertz CT molecular complexity index is 1310. The number of rotatable bonds is 7. The van der Waals surface area contributed by atoms with E-state index in [1.807, 2.05) is 0 Å². The number of hydrogen-bond acceptors (Lipinski definition) is 5. The Hall–Kier alpha value is -3.70. The molecule has 12 heteroatoms. The van der Waals surface area contributed by atoms with Crippen molar-refractivity contribution < 1.29 is 49.5 Å². The third-order valence-electron chi connectivity index (χ3n) is 5.04. The maximum Gasteiger partial charge on any atom is 0.460 e. The van der Waals surface area contributed by atoms with Crippen LogP contribution in [-0.4, -0.2) is 29.8 Å². The molecule has 0 aliphatic rings. The molecule has 0 bridgehead atoms. The van der Waals surface area contributed by atoms with Gasteiger partial charge in [-0.3, -0.25) is 4.79 Å². The summed E-state index contributed by atoms with van der Waals surface area (Å²) in [6.07, 6.45) is -7.22. The van der Waals surface area contributed by atoms with E-state index in [2.05, 4.69) is 4.74 Å². The average molecular weight is 504 g/mol. The van der Waals surface area contributed by atoms with Crippen LogP contribution in [0.3, 0.4) is 0 Å². The summed E-state index contributed by atoms with van der Waals surface area (Å²) in [6.45, 7) is 1.14. The monoisotopic (exact) mass is 504 g/mol. The lowest BCUT2D eigenvalue weighted by Gasteiger charge is -2.27. The molecule has 3 rings (SSSR count). The molecule has 1 aromatic heterocycles. The smallest absolute Gasteiger partial charge is 0.422 e. The number of halogens is 7. The van der Waals surface area contributed by atoms with Gasteiger partial charge in [0.05, 0.1) is 10.9 Å². The van der Waals surface area contributed by atoms with Crippen molar-refractivity contribution in [2.75, 3.05) is 0 Å². The highest BCUT2D eigenvalue weighted by molar-refractivity contribution is 5.90. The van der Waals surface area contributed by atoms with E-state index in [0.717, 1.165) is 19.1 Å². The number of ether oxygens (including phenoxy) is 1. The van der Waals surface area contributed by atoms with E-state index in [9.17, 15) is 45.1 Å². The fraction of sp³-hybridized carbons (Fsp3) is 0.261. The van der Waals surface area contributed by atoms with Crippen LogP contribution in [0.25, 0.3) is 11.0 Å². The first kappa shape index (κ1) is 25.9. The number of benzene rings is 2. The highest BCUT2D eigenvalue weighted by atomic mass is 19.4. The highest BCUT2D eigenvalue weighted by Gasteiger charge is 2.77. The molecule has 0 saturated heterocycles. The van der Waals surface area contributed by atoms with Crippen LogP contribution in [-0.2, 0) is 9.59 Å². The highest BCUT2D eigenvalue weighted by Crippen LogP contribution is 2.48. The van der Waals surface area contributed by atoms with Gasteiger partial charge in [0.25, 0.3) is 0 Å². The Labute approximate surface area is 192 Å². The summed E-state index contributed by atoms with van der Waals surface area (Å²) in [5.41, 5.74) is -2.02. The van der Waals surface area contributed by atoms with E-state index in [1.54, 1.807) is 6.07 Å². The predicted octanol–water partition coefficient (Wildman–Crippen LogP) is 5.64. The molecule has 35 heavy (non-hydrogen) atoms. The second kappa shape index (κ2) is 9.16.